The van der Waals surface area contributed by atoms with Crippen LogP contribution in [0.5, 0.6) is 5.88 Å². The average Bonchev–Trinajstić information content (AvgIpc) is 3.15. The molecule has 24 heavy (non-hydrogen) atoms. The van der Waals surface area contributed by atoms with Gasteiger partial charge in [0.15, 0.2) is 0 Å². The Labute approximate surface area is 147 Å². The molecule has 3 aromatic rings. The third-order valence-corrected chi connectivity index (χ3v) is 5.04. The molecule has 0 aliphatic heterocycles. The lowest BCUT2D eigenvalue weighted by molar-refractivity contribution is 0.416. The Kier molecular flexibility index (Phi) is 5.07. The van der Waals surface area contributed by atoms with E-state index in [0.29, 0.717) is 16.2 Å². The van der Waals surface area contributed by atoms with Gasteiger partial charge < -0.3 is 5.11 Å². The van der Waals surface area contributed by atoms with Crippen LogP contribution in [-0.2, 0) is 6.54 Å². The number of hydrogen-bond donors (Lipinski definition) is 2. The molecule has 0 radical (unpaired) electrons. The van der Waals surface area contributed by atoms with E-state index in [1.165, 1.54) is 22.7 Å². The molecule has 3 rings (SSSR count). The summed E-state index contributed by atoms with van der Waals surface area (Å²) in [5.74, 6) is 0.165. The molecule has 0 aliphatic rings. The maximum absolute atomic E-state index is 10.4. The fraction of sp³-hybridized carbons (Fsp3) is 0.188. The molecule has 6 nitrogen and oxygen atoms in total. The number of hydrogen-bond acceptors (Lipinski definition) is 7. The smallest absolute Gasteiger partial charge is 0.212 e. The first-order valence-corrected chi connectivity index (χ1v) is 9.10. The lowest BCUT2D eigenvalue weighted by Crippen LogP contribution is -2.14. The number of thiazole rings is 2. The zero-order valence-corrected chi connectivity index (χ0v) is 14.9. The van der Waals surface area contributed by atoms with Crippen molar-refractivity contribution in [3.8, 4) is 5.88 Å². The van der Waals surface area contributed by atoms with Crippen LogP contribution in [0.4, 0.5) is 10.8 Å². The summed E-state index contributed by atoms with van der Waals surface area (Å²) >= 11 is 2.86. The van der Waals surface area contributed by atoms with E-state index < -0.39 is 0 Å². The van der Waals surface area contributed by atoms with Crippen molar-refractivity contribution in [2.45, 2.75) is 20.4 Å². The van der Waals surface area contributed by atoms with E-state index in [1.807, 2.05) is 49.6 Å². The second kappa shape index (κ2) is 7.41. The van der Waals surface area contributed by atoms with Crippen molar-refractivity contribution < 1.29 is 5.11 Å². The predicted octanol–water partition coefficient (Wildman–Crippen LogP) is 3.72. The van der Waals surface area contributed by atoms with Crippen molar-refractivity contribution in [3.63, 3.8) is 0 Å². The number of benzene rings is 1. The van der Waals surface area contributed by atoms with Crippen LogP contribution >= 0.6 is 22.7 Å². The van der Waals surface area contributed by atoms with Gasteiger partial charge in [-0.15, -0.1) is 16.4 Å². The fourth-order valence-electron chi connectivity index (χ4n) is 2.02. The molecule has 0 fully saturated rings. The molecule has 124 valence electrons. The highest BCUT2D eigenvalue weighted by atomic mass is 32.1. The maximum atomic E-state index is 10.4. The number of nitrogens with one attached hydrogen (secondary N) is 1. The molecule has 2 N–H and O–H groups in total. The van der Waals surface area contributed by atoms with E-state index in [4.69, 9.17) is 0 Å². The van der Waals surface area contributed by atoms with Crippen LogP contribution in [0, 0.1) is 6.92 Å². The molecule has 0 atom stereocenters. The normalized spacial score (nSPS) is 12.2. The molecule has 0 saturated carbocycles. The average molecular weight is 359 g/mol. The van der Waals surface area contributed by atoms with Gasteiger partial charge in [0.05, 0.1) is 17.6 Å². The molecule has 0 unspecified atom stereocenters. The standard InChI is InChI=1S/C16H17N5OS2/c1-3-21-14(22)13(9-17-12-7-5-4-6-8-12)24-16(21)20-19-15-18-11(2)10-23-15/h4-10,22H,3H2,1-2H3,(H,18,19)/b17-9?,20-16-. The largest absolute Gasteiger partial charge is 0.493 e. The molecule has 0 saturated heterocycles. The van der Waals surface area contributed by atoms with Crippen molar-refractivity contribution in [2.24, 2.45) is 10.1 Å². The highest BCUT2D eigenvalue weighted by Gasteiger charge is 2.10. The summed E-state index contributed by atoms with van der Waals surface area (Å²) in [6, 6.07) is 9.61. The van der Waals surface area contributed by atoms with Gasteiger partial charge in [0.2, 0.25) is 15.8 Å². The van der Waals surface area contributed by atoms with Crippen molar-refractivity contribution in [1.82, 2.24) is 9.55 Å². The van der Waals surface area contributed by atoms with E-state index >= 15 is 0 Å². The SMILES string of the molecule is CCn1c(O)c(C=Nc2ccccc2)s/c1=N\Nc1nc(C)cs1. The minimum absolute atomic E-state index is 0.165. The summed E-state index contributed by atoms with van der Waals surface area (Å²) in [7, 11) is 0. The lowest BCUT2D eigenvalue weighted by atomic mass is 10.3. The van der Waals surface area contributed by atoms with E-state index in [0.717, 1.165) is 16.5 Å². The van der Waals surface area contributed by atoms with E-state index in [-0.39, 0.29) is 5.88 Å². The maximum Gasteiger partial charge on any atom is 0.212 e. The number of aryl methyl sites for hydroxylation is 1. The number of aromatic nitrogens is 2. The molecule has 0 amide bonds. The lowest BCUT2D eigenvalue weighted by Gasteiger charge is -1.99. The highest BCUT2D eigenvalue weighted by Crippen LogP contribution is 2.20. The number of para-hydroxylation sites is 1. The summed E-state index contributed by atoms with van der Waals surface area (Å²) in [6.45, 7) is 4.50. The summed E-state index contributed by atoms with van der Waals surface area (Å²) < 4.78 is 1.73. The molecule has 1 aromatic carbocycles. The Morgan fingerprint density at radius 2 is 2.12 bits per heavy atom. The van der Waals surface area contributed by atoms with Crippen LogP contribution < -0.4 is 10.2 Å². The number of aromatic hydroxyl groups is 1. The van der Waals surface area contributed by atoms with Crippen LogP contribution in [-0.4, -0.2) is 20.9 Å². The fourth-order valence-corrected chi connectivity index (χ4v) is 3.57. The zero-order chi connectivity index (χ0) is 16.9. The van der Waals surface area contributed by atoms with Crippen molar-refractivity contribution in [1.29, 1.82) is 0 Å². The quantitative estimate of drug-likeness (QED) is 0.538. The van der Waals surface area contributed by atoms with Crippen LogP contribution in [0.3, 0.4) is 0 Å². The van der Waals surface area contributed by atoms with Gasteiger partial charge in [-0.25, -0.2) is 10.4 Å². The van der Waals surface area contributed by atoms with E-state index in [9.17, 15) is 5.11 Å². The Balaban J connectivity index is 1.89. The van der Waals surface area contributed by atoms with Gasteiger partial charge in [-0.1, -0.05) is 29.5 Å². The summed E-state index contributed by atoms with van der Waals surface area (Å²) in [5.41, 5.74) is 4.72. The van der Waals surface area contributed by atoms with Gasteiger partial charge in [0.25, 0.3) is 0 Å². The second-order valence-electron chi connectivity index (χ2n) is 4.93. The van der Waals surface area contributed by atoms with Crippen molar-refractivity contribution in [3.05, 3.63) is 51.1 Å². The van der Waals surface area contributed by atoms with Crippen LogP contribution in [0.15, 0.2) is 45.8 Å². The first kappa shape index (κ1) is 16.4. The summed E-state index contributed by atoms with van der Waals surface area (Å²) in [5, 5.41) is 17.4. The predicted molar refractivity (Wildman–Crippen MR) is 99.4 cm³/mol. The third-order valence-electron chi connectivity index (χ3n) is 3.18. The number of aliphatic imine (C=N–C) groups is 1. The van der Waals surface area contributed by atoms with Gasteiger partial charge in [-0.3, -0.25) is 9.56 Å². The first-order valence-electron chi connectivity index (χ1n) is 7.41. The minimum Gasteiger partial charge on any atom is -0.493 e. The monoisotopic (exact) mass is 359 g/mol. The third kappa shape index (κ3) is 3.72. The number of rotatable bonds is 5. The molecular weight excluding hydrogens is 342 g/mol. The van der Waals surface area contributed by atoms with Gasteiger partial charge in [0, 0.05) is 11.9 Å². The second-order valence-corrected chi connectivity index (χ2v) is 6.80. The molecule has 8 heteroatoms. The minimum atomic E-state index is 0.165. The number of anilines is 1. The molecular formula is C16H17N5OS2. The molecule has 2 aromatic heterocycles. The van der Waals surface area contributed by atoms with E-state index in [1.54, 1.807) is 10.8 Å². The Morgan fingerprint density at radius 1 is 1.33 bits per heavy atom. The van der Waals surface area contributed by atoms with Crippen LogP contribution in [0.2, 0.25) is 0 Å². The zero-order valence-electron chi connectivity index (χ0n) is 13.3. The van der Waals surface area contributed by atoms with Gasteiger partial charge in [-0.2, -0.15) is 0 Å². The van der Waals surface area contributed by atoms with Crippen LogP contribution in [0.25, 0.3) is 0 Å². The Morgan fingerprint density at radius 3 is 2.79 bits per heavy atom. The van der Waals surface area contributed by atoms with Crippen molar-refractivity contribution in [2.75, 3.05) is 5.43 Å². The molecule has 0 aliphatic carbocycles. The van der Waals surface area contributed by atoms with Crippen LogP contribution in [0.1, 0.15) is 17.5 Å². The van der Waals surface area contributed by atoms with Gasteiger partial charge in [-0.05, 0) is 26.0 Å². The summed E-state index contributed by atoms with van der Waals surface area (Å²) in [4.78, 5) is 10.0. The topological polar surface area (TPSA) is 74.8 Å². The van der Waals surface area contributed by atoms with Gasteiger partial charge >= 0.3 is 0 Å². The Bertz CT molecular complexity index is 908. The van der Waals surface area contributed by atoms with Gasteiger partial charge in [0.1, 0.15) is 4.88 Å². The molecule has 0 spiro atoms. The van der Waals surface area contributed by atoms with E-state index in [2.05, 4.69) is 20.5 Å². The Hall–Kier alpha value is -2.45. The highest BCUT2D eigenvalue weighted by molar-refractivity contribution is 7.13. The molecule has 0 bridgehead atoms. The molecule has 2 heterocycles. The summed E-state index contributed by atoms with van der Waals surface area (Å²) in [6.07, 6.45) is 1.66. The van der Waals surface area contributed by atoms with Crippen molar-refractivity contribution >= 4 is 39.7 Å². The number of nitrogens with zero attached hydrogens (tertiary/aromatic N) is 4. The first-order chi connectivity index (χ1) is 11.7.